The van der Waals surface area contributed by atoms with Gasteiger partial charge in [-0.2, -0.15) is 0 Å². The van der Waals surface area contributed by atoms with Gasteiger partial charge < -0.3 is 5.11 Å². The monoisotopic (exact) mass is 292 g/mol. The quantitative estimate of drug-likeness (QED) is 0.924. The lowest BCUT2D eigenvalue weighted by Crippen LogP contribution is -2.05. The third-order valence-corrected chi connectivity index (χ3v) is 2.80. The summed E-state index contributed by atoms with van der Waals surface area (Å²) in [5.74, 6) is -1.06. The second-order valence-electron chi connectivity index (χ2n) is 3.58. The van der Waals surface area contributed by atoms with Crippen LogP contribution in [0.25, 0.3) is 11.3 Å². The summed E-state index contributed by atoms with van der Waals surface area (Å²) in [4.78, 5) is 10.8. The molecule has 0 aliphatic rings. The topological polar surface area (TPSA) is 63.1 Å². The highest BCUT2D eigenvalue weighted by Crippen LogP contribution is 2.21. The minimum absolute atomic E-state index is 0.0104. The lowest BCUT2D eigenvalue weighted by molar-refractivity contribution is 0.0688. The zero-order valence-corrected chi connectivity index (χ0v) is 10.6. The van der Waals surface area contributed by atoms with Crippen molar-refractivity contribution in [1.82, 2.24) is 10.2 Å². The van der Waals surface area contributed by atoms with Crippen LogP contribution in [0.5, 0.6) is 0 Å². The molecule has 17 heavy (non-hydrogen) atoms. The van der Waals surface area contributed by atoms with Crippen LogP contribution in [0, 0.1) is 6.92 Å². The van der Waals surface area contributed by atoms with Crippen molar-refractivity contribution in [3.05, 3.63) is 46.1 Å². The van der Waals surface area contributed by atoms with Gasteiger partial charge in [0, 0.05) is 10.0 Å². The Morgan fingerprint density at radius 3 is 2.65 bits per heavy atom. The second kappa shape index (κ2) is 4.63. The smallest absolute Gasteiger partial charge is 0.356 e. The average molecular weight is 293 g/mol. The molecule has 1 N–H and O–H groups in total. The van der Waals surface area contributed by atoms with E-state index >= 15 is 0 Å². The maximum Gasteiger partial charge on any atom is 0.356 e. The van der Waals surface area contributed by atoms with Crippen LogP contribution in [0.2, 0.25) is 0 Å². The number of rotatable bonds is 2. The van der Waals surface area contributed by atoms with Crippen molar-refractivity contribution in [1.29, 1.82) is 0 Å². The van der Waals surface area contributed by atoms with Crippen LogP contribution in [0.4, 0.5) is 0 Å². The molecule has 0 fully saturated rings. The minimum Gasteiger partial charge on any atom is -0.476 e. The van der Waals surface area contributed by atoms with E-state index in [0.717, 1.165) is 10.0 Å². The van der Waals surface area contributed by atoms with E-state index in [-0.39, 0.29) is 5.69 Å². The van der Waals surface area contributed by atoms with Crippen molar-refractivity contribution in [2.75, 3.05) is 0 Å². The van der Waals surface area contributed by atoms with E-state index < -0.39 is 5.97 Å². The average Bonchev–Trinajstić information content (AvgIpc) is 2.28. The molecule has 86 valence electrons. The van der Waals surface area contributed by atoms with Crippen LogP contribution in [-0.2, 0) is 0 Å². The van der Waals surface area contributed by atoms with Crippen LogP contribution in [-0.4, -0.2) is 21.3 Å². The number of hydrogen-bond acceptors (Lipinski definition) is 3. The number of aromatic carboxylic acids is 1. The number of aryl methyl sites for hydroxylation is 1. The van der Waals surface area contributed by atoms with Gasteiger partial charge in [-0.3, -0.25) is 0 Å². The number of halogens is 1. The normalized spacial score (nSPS) is 10.2. The van der Waals surface area contributed by atoms with Crippen molar-refractivity contribution >= 4 is 21.9 Å². The number of carboxylic acids is 1. The molecule has 0 saturated carbocycles. The van der Waals surface area contributed by atoms with E-state index in [2.05, 4.69) is 26.1 Å². The van der Waals surface area contributed by atoms with E-state index in [1.807, 2.05) is 24.3 Å². The first kappa shape index (κ1) is 11.7. The van der Waals surface area contributed by atoms with E-state index in [1.165, 1.54) is 0 Å². The van der Waals surface area contributed by atoms with Gasteiger partial charge in [0.25, 0.3) is 0 Å². The number of carboxylic acid groups (broad SMARTS) is 1. The Balaban J connectivity index is 2.48. The number of aromatic nitrogens is 2. The Kier molecular flexibility index (Phi) is 3.19. The fourth-order valence-corrected chi connectivity index (χ4v) is 1.88. The molecule has 5 heteroatoms. The molecule has 0 atom stereocenters. The zero-order chi connectivity index (χ0) is 12.4. The molecule has 0 spiro atoms. The summed E-state index contributed by atoms with van der Waals surface area (Å²) >= 11 is 3.37. The largest absolute Gasteiger partial charge is 0.476 e. The van der Waals surface area contributed by atoms with Crippen LogP contribution < -0.4 is 0 Å². The summed E-state index contributed by atoms with van der Waals surface area (Å²) in [6.45, 7) is 1.71. The van der Waals surface area contributed by atoms with Crippen molar-refractivity contribution in [3.63, 3.8) is 0 Å². The first-order valence-corrected chi connectivity index (χ1v) is 5.71. The Bertz CT molecular complexity index is 584. The van der Waals surface area contributed by atoms with Gasteiger partial charge in [-0.05, 0) is 30.7 Å². The van der Waals surface area contributed by atoms with Gasteiger partial charge in [-0.25, -0.2) is 4.79 Å². The minimum atomic E-state index is -1.06. The lowest BCUT2D eigenvalue weighted by atomic mass is 10.1. The molecule has 2 aromatic rings. The molecule has 1 heterocycles. The van der Waals surface area contributed by atoms with Crippen LogP contribution in [0.15, 0.2) is 34.8 Å². The highest BCUT2D eigenvalue weighted by atomic mass is 79.9. The number of benzene rings is 1. The summed E-state index contributed by atoms with van der Waals surface area (Å²) in [6.07, 6.45) is 0. The Hall–Kier alpha value is -1.75. The molecule has 1 aromatic heterocycles. The van der Waals surface area contributed by atoms with E-state index in [0.29, 0.717) is 11.3 Å². The van der Waals surface area contributed by atoms with E-state index in [9.17, 15) is 4.79 Å². The van der Waals surface area contributed by atoms with Gasteiger partial charge in [-0.15, -0.1) is 10.2 Å². The molecule has 0 unspecified atom stereocenters. The number of nitrogens with zero attached hydrogens (tertiary/aromatic N) is 2. The Morgan fingerprint density at radius 1 is 1.29 bits per heavy atom. The fourth-order valence-electron chi connectivity index (χ4n) is 1.49. The SMILES string of the molecule is Cc1cc(-c2cccc(Br)c2)nnc1C(=O)O. The number of carbonyl (C=O) groups is 1. The molecule has 2 rings (SSSR count). The van der Waals surface area contributed by atoms with Crippen LogP contribution >= 0.6 is 15.9 Å². The summed E-state index contributed by atoms with van der Waals surface area (Å²) in [5, 5.41) is 16.5. The molecule has 0 saturated heterocycles. The first-order chi connectivity index (χ1) is 8.08. The fraction of sp³-hybridized carbons (Fsp3) is 0.0833. The molecule has 0 aliphatic carbocycles. The maximum absolute atomic E-state index is 10.8. The third-order valence-electron chi connectivity index (χ3n) is 2.31. The molecule has 0 amide bonds. The molecular formula is C12H9BrN2O2. The Labute approximate surface area is 106 Å². The van der Waals surface area contributed by atoms with Crippen LogP contribution in [0.1, 0.15) is 16.1 Å². The molecule has 0 radical (unpaired) electrons. The highest BCUT2D eigenvalue weighted by Gasteiger charge is 2.11. The summed E-state index contributed by atoms with van der Waals surface area (Å²) in [5.41, 5.74) is 2.15. The van der Waals surface area contributed by atoms with Crippen LogP contribution in [0.3, 0.4) is 0 Å². The van der Waals surface area contributed by atoms with Gasteiger partial charge in [0.15, 0.2) is 5.69 Å². The molecule has 0 bridgehead atoms. The van der Waals surface area contributed by atoms with E-state index in [4.69, 9.17) is 5.11 Å². The van der Waals surface area contributed by atoms with Gasteiger partial charge in [0.05, 0.1) is 5.69 Å². The van der Waals surface area contributed by atoms with Crippen molar-refractivity contribution in [3.8, 4) is 11.3 Å². The van der Waals surface area contributed by atoms with Crippen molar-refractivity contribution in [2.24, 2.45) is 0 Å². The number of hydrogen-bond donors (Lipinski definition) is 1. The van der Waals surface area contributed by atoms with Crippen molar-refractivity contribution < 1.29 is 9.90 Å². The summed E-state index contributed by atoms with van der Waals surface area (Å²) < 4.78 is 0.941. The third kappa shape index (κ3) is 2.50. The van der Waals surface area contributed by atoms with Gasteiger partial charge in [0.1, 0.15) is 0 Å². The Morgan fingerprint density at radius 2 is 2.06 bits per heavy atom. The molecule has 0 aliphatic heterocycles. The van der Waals surface area contributed by atoms with Gasteiger partial charge >= 0.3 is 5.97 Å². The molecule has 1 aromatic carbocycles. The first-order valence-electron chi connectivity index (χ1n) is 4.91. The van der Waals surface area contributed by atoms with E-state index in [1.54, 1.807) is 13.0 Å². The summed E-state index contributed by atoms with van der Waals surface area (Å²) in [6, 6.07) is 9.33. The second-order valence-corrected chi connectivity index (χ2v) is 4.49. The predicted octanol–water partition coefficient (Wildman–Crippen LogP) is 2.91. The summed E-state index contributed by atoms with van der Waals surface area (Å²) in [7, 11) is 0. The van der Waals surface area contributed by atoms with Gasteiger partial charge in [-0.1, -0.05) is 28.1 Å². The molecule has 4 nitrogen and oxygen atoms in total. The van der Waals surface area contributed by atoms with Gasteiger partial charge in [0.2, 0.25) is 0 Å². The van der Waals surface area contributed by atoms with Crippen molar-refractivity contribution in [2.45, 2.75) is 6.92 Å². The lowest BCUT2D eigenvalue weighted by Gasteiger charge is -2.03. The zero-order valence-electron chi connectivity index (χ0n) is 9.01. The molecular weight excluding hydrogens is 284 g/mol. The standard InChI is InChI=1S/C12H9BrN2O2/c1-7-5-10(14-15-11(7)12(16)17)8-3-2-4-9(13)6-8/h2-6H,1H3,(H,16,17). The predicted molar refractivity (Wildman–Crippen MR) is 66.9 cm³/mol. The highest BCUT2D eigenvalue weighted by molar-refractivity contribution is 9.10. The maximum atomic E-state index is 10.8.